The number of H-pyrrole nitrogens is 1. The first-order valence-corrected chi connectivity index (χ1v) is 8.81. The fourth-order valence-electron chi connectivity index (χ4n) is 2.48. The third-order valence-corrected chi connectivity index (χ3v) is 5.19. The summed E-state index contributed by atoms with van der Waals surface area (Å²) >= 11 is 0. The Labute approximate surface area is 140 Å². The number of benzene rings is 1. The number of ether oxygens (including phenoxy) is 1. The van der Waals surface area contributed by atoms with Gasteiger partial charge in [0.1, 0.15) is 16.4 Å². The molecule has 0 aliphatic heterocycles. The molecule has 1 aromatic heterocycles. The molecular weight excluding hydrogens is 335 g/mol. The maximum absolute atomic E-state index is 13.2. The Hall–Kier alpha value is -2.35. The zero-order valence-electron chi connectivity index (χ0n) is 13.9. The van der Waals surface area contributed by atoms with Crippen LogP contribution in [0.15, 0.2) is 23.1 Å². The second-order valence-electron chi connectivity index (χ2n) is 5.36. The van der Waals surface area contributed by atoms with Crippen LogP contribution in [0, 0.1) is 26.6 Å². The van der Waals surface area contributed by atoms with Gasteiger partial charge in [0.25, 0.3) is 10.0 Å². The van der Waals surface area contributed by atoms with Crippen LogP contribution in [-0.4, -0.2) is 26.0 Å². The Bertz CT molecular complexity index is 888. The van der Waals surface area contributed by atoms with E-state index >= 15 is 0 Å². The monoisotopic (exact) mass is 354 g/mol. The number of sulfonamides is 1. The molecular formula is C16H19FN2O4S. The van der Waals surface area contributed by atoms with Gasteiger partial charge in [-0.05, 0) is 51.5 Å². The molecule has 2 N–H and O–H groups in total. The van der Waals surface area contributed by atoms with Crippen molar-refractivity contribution in [1.82, 2.24) is 4.98 Å². The van der Waals surface area contributed by atoms with Crippen molar-refractivity contribution in [1.29, 1.82) is 0 Å². The van der Waals surface area contributed by atoms with Crippen molar-refractivity contribution < 1.29 is 22.3 Å². The van der Waals surface area contributed by atoms with Crippen LogP contribution in [-0.2, 0) is 14.8 Å². The summed E-state index contributed by atoms with van der Waals surface area (Å²) in [4.78, 5) is 14.6. The number of aromatic amines is 1. The smallest absolute Gasteiger partial charge is 0.355 e. The predicted octanol–water partition coefficient (Wildman–Crippen LogP) is 3.06. The van der Waals surface area contributed by atoms with Crippen LogP contribution in [0.1, 0.15) is 34.2 Å². The molecule has 0 radical (unpaired) electrons. The fourth-order valence-corrected chi connectivity index (χ4v) is 4.06. The molecule has 0 fully saturated rings. The maximum atomic E-state index is 13.2. The van der Waals surface area contributed by atoms with E-state index in [1.54, 1.807) is 20.8 Å². The summed E-state index contributed by atoms with van der Waals surface area (Å²) in [5.41, 5.74) is 1.43. The van der Waals surface area contributed by atoms with E-state index in [1.807, 2.05) is 0 Å². The molecule has 0 bridgehead atoms. The van der Waals surface area contributed by atoms with Crippen molar-refractivity contribution in [3.05, 3.63) is 46.5 Å². The van der Waals surface area contributed by atoms with Gasteiger partial charge in [0.05, 0.1) is 12.3 Å². The molecule has 2 rings (SSSR count). The standard InChI is InChI=1S/C16H19FN2O4S/c1-5-23-16(20)14-10(3)15(11(4)18-14)24(21,22)19-13-7-6-12(17)8-9(13)2/h6-8,18-19H,5H2,1-4H3. The molecule has 2 aromatic rings. The number of aromatic nitrogens is 1. The summed E-state index contributed by atoms with van der Waals surface area (Å²) < 4.78 is 45.9. The number of esters is 1. The van der Waals surface area contributed by atoms with Crippen molar-refractivity contribution in [2.45, 2.75) is 32.6 Å². The average molecular weight is 354 g/mol. The summed E-state index contributed by atoms with van der Waals surface area (Å²) in [6, 6.07) is 3.76. The van der Waals surface area contributed by atoms with Crippen molar-refractivity contribution >= 4 is 21.7 Å². The Morgan fingerprint density at radius 3 is 2.54 bits per heavy atom. The van der Waals surface area contributed by atoms with Crippen LogP contribution in [0.5, 0.6) is 0 Å². The normalized spacial score (nSPS) is 11.4. The Morgan fingerprint density at radius 1 is 1.29 bits per heavy atom. The van der Waals surface area contributed by atoms with Gasteiger partial charge in [-0.15, -0.1) is 0 Å². The van der Waals surface area contributed by atoms with Crippen LogP contribution >= 0.6 is 0 Å². The third kappa shape index (κ3) is 3.43. The van der Waals surface area contributed by atoms with E-state index in [2.05, 4.69) is 9.71 Å². The highest BCUT2D eigenvalue weighted by Gasteiger charge is 2.27. The number of rotatable bonds is 5. The number of aryl methyl sites for hydroxylation is 2. The summed E-state index contributed by atoms with van der Waals surface area (Å²) in [6.45, 7) is 6.54. The van der Waals surface area contributed by atoms with Gasteiger partial charge in [0, 0.05) is 11.3 Å². The maximum Gasteiger partial charge on any atom is 0.355 e. The lowest BCUT2D eigenvalue weighted by atomic mass is 10.2. The topological polar surface area (TPSA) is 88.3 Å². The second kappa shape index (κ2) is 6.64. The minimum Gasteiger partial charge on any atom is -0.461 e. The predicted molar refractivity (Wildman–Crippen MR) is 88.2 cm³/mol. The van der Waals surface area contributed by atoms with E-state index in [4.69, 9.17) is 4.74 Å². The van der Waals surface area contributed by atoms with Gasteiger partial charge < -0.3 is 9.72 Å². The molecule has 1 aromatic carbocycles. The van der Waals surface area contributed by atoms with Crippen molar-refractivity contribution in [2.75, 3.05) is 11.3 Å². The number of hydrogen-bond acceptors (Lipinski definition) is 4. The highest BCUT2D eigenvalue weighted by molar-refractivity contribution is 7.92. The highest BCUT2D eigenvalue weighted by atomic mass is 32.2. The van der Waals surface area contributed by atoms with Crippen molar-refractivity contribution in [3.63, 3.8) is 0 Å². The summed E-state index contributed by atoms with van der Waals surface area (Å²) in [5.74, 6) is -1.06. The number of anilines is 1. The molecule has 0 amide bonds. The molecule has 0 atom stereocenters. The molecule has 0 aliphatic carbocycles. The number of nitrogens with one attached hydrogen (secondary N) is 2. The van der Waals surface area contributed by atoms with Crippen molar-refractivity contribution in [3.8, 4) is 0 Å². The quantitative estimate of drug-likeness (QED) is 0.808. The summed E-state index contributed by atoms with van der Waals surface area (Å²) in [7, 11) is -3.95. The van der Waals surface area contributed by atoms with E-state index in [-0.39, 0.29) is 28.4 Å². The Morgan fingerprint density at radius 2 is 1.96 bits per heavy atom. The average Bonchev–Trinajstić information content (AvgIpc) is 2.78. The van der Waals surface area contributed by atoms with Gasteiger partial charge in [-0.25, -0.2) is 17.6 Å². The van der Waals surface area contributed by atoms with Crippen molar-refractivity contribution in [2.24, 2.45) is 0 Å². The molecule has 0 saturated carbocycles. The highest BCUT2D eigenvalue weighted by Crippen LogP contribution is 2.27. The van der Waals surface area contributed by atoms with E-state index in [0.29, 0.717) is 11.3 Å². The van der Waals surface area contributed by atoms with Crippen LogP contribution in [0.3, 0.4) is 0 Å². The molecule has 6 nitrogen and oxygen atoms in total. The van der Waals surface area contributed by atoms with Gasteiger partial charge in [0.15, 0.2) is 0 Å². The molecule has 1 heterocycles. The Kier molecular flexibility index (Phi) is 4.98. The van der Waals surface area contributed by atoms with Crippen LogP contribution < -0.4 is 4.72 Å². The van der Waals surface area contributed by atoms with Crippen LogP contribution in [0.25, 0.3) is 0 Å². The molecule has 0 saturated heterocycles. The fraction of sp³-hybridized carbons (Fsp3) is 0.312. The lowest BCUT2D eigenvalue weighted by molar-refractivity contribution is 0.0519. The van der Waals surface area contributed by atoms with Gasteiger partial charge in [0.2, 0.25) is 0 Å². The molecule has 0 spiro atoms. The SMILES string of the molecule is CCOC(=O)c1[nH]c(C)c(S(=O)(=O)Nc2ccc(F)cc2C)c1C. The molecule has 0 unspecified atom stereocenters. The van der Waals surface area contributed by atoms with E-state index in [1.165, 1.54) is 25.1 Å². The van der Waals surface area contributed by atoms with E-state index in [9.17, 15) is 17.6 Å². The first-order chi connectivity index (χ1) is 11.2. The molecule has 130 valence electrons. The van der Waals surface area contributed by atoms with Gasteiger partial charge in [-0.2, -0.15) is 0 Å². The van der Waals surface area contributed by atoms with Gasteiger partial charge in [-0.3, -0.25) is 4.72 Å². The largest absolute Gasteiger partial charge is 0.461 e. The summed E-state index contributed by atoms with van der Waals surface area (Å²) in [6.07, 6.45) is 0. The Balaban J connectivity index is 2.44. The number of hydrogen-bond donors (Lipinski definition) is 2. The van der Waals surface area contributed by atoms with Crippen LogP contribution in [0.4, 0.5) is 10.1 Å². The minimum absolute atomic E-state index is 0.0192. The zero-order valence-corrected chi connectivity index (χ0v) is 14.7. The number of halogens is 1. The molecule has 24 heavy (non-hydrogen) atoms. The van der Waals surface area contributed by atoms with Gasteiger partial charge in [-0.1, -0.05) is 0 Å². The van der Waals surface area contributed by atoms with Gasteiger partial charge >= 0.3 is 5.97 Å². The van der Waals surface area contributed by atoms with Crippen LogP contribution in [0.2, 0.25) is 0 Å². The first-order valence-electron chi connectivity index (χ1n) is 7.32. The first kappa shape index (κ1) is 18.0. The number of carbonyl (C=O) groups excluding carboxylic acids is 1. The zero-order chi connectivity index (χ0) is 18.1. The molecule has 0 aliphatic rings. The lowest BCUT2D eigenvalue weighted by Crippen LogP contribution is -2.15. The lowest BCUT2D eigenvalue weighted by Gasteiger charge is -2.11. The van der Waals surface area contributed by atoms with E-state index in [0.717, 1.165) is 0 Å². The minimum atomic E-state index is -3.95. The van der Waals surface area contributed by atoms with E-state index < -0.39 is 21.8 Å². The second-order valence-corrected chi connectivity index (χ2v) is 6.98. The number of carbonyl (C=O) groups is 1. The molecule has 8 heteroatoms. The third-order valence-electron chi connectivity index (χ3n) is 3.55. The summed E-state index contributed by atoms with van der Waals surface area (Å²) in [5, 5.41) is 0.